The summed E-state index contributed by atoms with van der Waals surface area (Å²) >= 11 is 0. The monoisotopic (exact) mass is 246 g/mol. The molecule has 18 heavy (non-hydrogen) atoms. The van der Waals surface area contributed by atoms with Crippen molar-refractivity contribution in [2.45, 2.75) is 25.8 Å². The number of likely N-dealkylation sites (N-methyl/N-ethyl adjacent to an activating group) is 1. The molecule has 1 aliphatic rings. The van der Waals surface area contributed by atoms with E-state index >= 15 is 0 Å². The number of aryl methyl sites for hydroxylation is 1. The van der Waals surface area contributed by atoms with Crippen LogP contribution >= 0.6 is 0 Å². The summed E-state index contributed by atoms with van der Waals surface area (Å²) in [6.07, 6.45) is 3.00. The Morgan fingerprint density at radius 1 is 1.50 bits per heavy atom. The molecule has 4 heteroatoms. The van der Waals surface area contributed by atoms with Gasteiger partial charge in [0.25, 0.3) is 0 Å². The van der Waals surface area contributed by atoms with Gasteiger partial charge in [0.1, 0.15) is 0 Å². The van der Waals surface area contributed by atoms with Gasteiger partial charge in [-0.3, -0.25) is 9.59 Å². The summed E-state index contributed by atoms with van der Waals surface area (Å²) in [5.74, 6) is 0.0115. The van der Waals surface area contributed by atoms with Crippen molar-refractivity contribution >= 4 is 17.9 Å². The van der Waals surface area contributed by atoms with Crippen LogP contribution in [-0.4, -0.2) is 31.8 Å². The molecule has 1 amide bonds. The van der Waals surface area contributed by atoms with Crippen LogP contribution in [0.15, 0.2) is 18.2 Å². The second-order valence-electron chi connectivity index (χ2n) is 4.88. The molecule has 0 unspecified atom stereocenters. The number of benzene rings is 1. The summed E-state index contributed by atoms with van der Waals surface area (Å²) in [5, 5.41) is 2.93. The highest BCUT2D eigenvalue weighted by atomic mass is 16.2. The van der Waals surface area contributed by atoms with E-state index in [0.29, 0.717) is 11.6 Å². The molecule has 0 atom stereocenters. The largest absolute Gasteiger partial charge is 0.365 e. The van der Waals surface area contributed by atoms with E-state index in [1.807, 2.05) is 32.2 Å². The van der Waals surface area contributed by atoms with Crippen molar-refractivity contribution in [3.8, 4) is 0 Å². The predicted octanol–water partition coefficient (Wildman–Crippen LogP) is 1.52. The molecule has 1 aromatic carbocycles. The van der Waals surface area contributed by atoms with E-state index in [4.69, 9.17) is 0 Å². The zero-order valence-electron chi connectivity index (χ0n) is 10.8. The first-order valence-electron chi connectivity index (χ1n) is 6.16. The minimum atomic E-state index is 0.0115. The Bertz CT molecular complexity index is 467. The first-order chi connectivity index (χ1) is 8.60. The number of nitrogens with one attached hydrogen (secondary N) is 1. The maximum Gasteiger partial charge on any atom is 0.239 e. The molecule has 0 heterocycles. The zero-order valence-corrected chi connectivity index (χ0v) is 10.8. The number of anilines is 1. The van der Waals surface area contributed by atoms with Crippen LogP contribution in [-0.2, 0) is 4.79 Å². The third-order valence-electron chi connectivity index (χ3n) is 3.04. The molecule has 1 aromatic rings. The van der Waals surface area contributed by atoms with E-state index in [0.717, 1.165) is 30.4 Å². The van der Waals surface area contributed by atoms with Crippen LogP contribution in [0.5, 0.6) is 0 Å². The van der Waals surface area contributed by atoms with Gasteiger partial charge in [0.2, 0.25) is 5.91 Å². The van der Waals surface area contributed by atoms with E-state index in [-0.39, 0.29) is 12.5 Å². The quantitative estimate of drug-likeness (QED) is 0.801. The van der Waals surface area contributed by atoms with Crippen LogP contribution in [0.2, 0.25) is 0 Å². The van der Waals surface area contributed by atoms with Crippen LogP contribution in [0.25, 0.3) is 0 Å². The van der Waals surface area contributed by atoms with Gasteiger partial charge in [-0.15, -0.1) is 0 Å². The molecular formula is C14H18N2O2. The summed E-state index contributed by atoms with van der Waals surface area (Å²) in [6, 6.07) is 6.02. The van der Waals surface area contributed by atoms with Gasteiger partial charge in [0.05, 0.1) is 6.54 Å². The van der Waals surface area contributed by atoms with E-state index in [9.17, 15) is 9.59 Å². The van der Waals surface area contributed by atoms with E-state index in [2.05, 4.69) is 5.32 Å². The lowest BCUT2D eigenvalue weighted by Gasteiger charge is -2.20. The Morgan fingerprint density at radius 2 is 2.22 bits per heavy atom. The molecule has 1 fully saturated rings. The third-order valence-corrected chi connectivity index (χ3v) is 3.04. The van der Waals surface area contributed by atoms with Gasteiger partial charge in [-0.1, -0.05) is 11.6 Å². The number of rotatable bonds is 5. The Hall–Kier alpha value is -1.84. The van der Waals surface area contributed by atoms with Gasteiger partial charge in [0, 0.05) is 24.3 Å². The van der Waals surface area contributed by atoms with Crippen LogP contribution in [0.1, 0.15) is 28.8 Å². The van der Waals surface area contributed by atoms with Crippen molar-refractivity contribution in [2.75, 3.05) is 18.5 Å². The molecule has 2 rings (SSSR count). The first-order valence-corrected chi connectivity index (χ1v) is 6.16. The van der Waals surface area contributed by atoms with Crippen molar-refractivity contribution in [3.05, 3.63) is 29.3 Å². The predicted molar refractivity (Wildman–Crippen MR) is 71.0 cm³/mol. The number of nitrogens with zero attached hydrogens (tertiary/aromatic N) is 1. The molecule has 0 saturated heterocycles. The van der Waals surface area contributed by atoms with Crippen molar-refractivity contribution in [3.63, 3.8) is 0 Å². The Labute approximate surface area is 107 Å². The van der Waals surface area contributed by atoms with Gasteiger partial charge >= 0.3 is 0 Å². The standard InChI is InChI=1S/C14H18N2O2/c1-10-3-6-13(11(7-10)9-17)16(2)8-14(18)15-12-4-5-12/h3,6-7,9,12H,4-5,8H2,1-2H3,(H,15,18). The molecule has 0 bridgehead atoms. The van der Waals surface area contributed by atoms with Crippen LogP contribution in [0.4, 0.5) is 5.69 Å². The lowest BCUT2D eigenvalue weighted by molar-refractivity contribution is -0.119. The van der Waals surface area contributed by atoms with Crippen molar-refractivity contribution in [2.24, 2.45) is 0 Å². The number of hydrogen-bond donors (Lipinski definition) is 1. The second kappa shape index (κ2) is 5.21. The third kappa shape index (κ3) is 3.09. The van der Waals surface area contributed by atoms with E-state index in [1.165, 1.54) is 0 Å². The minimum Gasteiger partial charge on any atom is -0.365 e. The normalized spacial score (nSPS) is 14.1. The Kier molecular flexibility index (Phi) is 3.65. The first kappa shape index (κ1) is 12.6. The molecule has 0 spiro atoms. The summed E-state index contributed by atoms with van der Waals surface area (Å²) < 4.78 is 0. The number of aldehydes is 1. The van der Waals surface area contributed by atoms with Gasteiger partial charge in [-0.2, -0.15) is 0 Å². The Morgan fingerprint density at radius 3 is 2.83 bits per heavy atom. The van der Waals surface area contributed by atoms with Gasteiger partial charge in [-0.05, 0) is 31.9 Å². The fourth-order valence-electron chi connectivity index (χ4n) is 1.92. The number of hydrogen-bond acceptors (Lipinski definition) is 3. The summed E-state index contributed by atoms with van der Waals surface area (Å²) in [7, 11) is 1.82. The van der Waals surface area contributed by atoms with Crippen molar-refractivity contribution in [1.29, 1.82) is 0 Å². The van der Waals surface area contributed by atoms with Gasteiger partial charge in [-0.25, -0.2) is 0 Å². The summed E-state index contributed by atoms with van der Waals surface area (Å²) in [4.78, 5) is 24.5. The Balaban J connectivity index is 2.04. The number of amides is 1. The van der Waals surface area contributed by atoms with Gasteiger partial charge in [0.15, 0.2) is 6.29 Å². The topological polar surface area (TPSA) is 49.4 Å². The van der Waals surface area contributed by atoms with E-state index < -0.39 is 0 Å². The van der Waals surface area contributed by atoms with Gasteiger partial charge < -0.3 is 10.2 Å². The molecule has 4 nitrogen and oxygen atoms in total. The lowest BCUT2D eigenvalue weighted by atomic mass is 10.1. The molecule has 1 saturated carbocycles. The van der Waals surface area contributed by atoms with E-state index in [1.54, 1.807) is 4.90 Å². The molecule has 96 valence electrons. The fraction of sp³-hybridized carbons (Fsp3) is 0.429. The number of carbonyl (C=O) groups is 2. The SMILES string of the molecule is Cc1ccc(N(C)CC(=O)NC2CC2)c(C=O)c1. The summed E-state index contributed by atoms with van der Waals surface area (Å²) in [5.41, 5.74) is 2.45. The molecular weight excluding hydrogens is 228 g/mol. The lowest BCUT2D eigenvalue weighted by Crippen LogP contribution is -2.36. The highest BCUT2D eigenvalue weighted by molar-refractivity contribution is 5.88. The maximum atomic E-state index is 11.7. The fourth-order valence-corrected chi connectivity index (χ4v) is 1.92. The van der Waals surface area contributed by atoms with Crippen molar-refractivity contribution < 1.29 is 9.59 Å². The molecule has 1 aliphatic carbocycles. The molecule has 0 radical (unpaired) electrons. The highest BCUT2D eigenvalue weighted by Crippen LogP contribution is 2.20. The average molecular weight is 246 g/mol. The highest BCUT2D eigenvalue weighted by Gasteiger charge is 2.23. The van der Waals surface area contributed by atoms with Crippen LogP contribution < -0.4 is 10.2 Å². The number of carbonyl (C=O) groups excluding carboxylic acids is 2. The molecule has 1 N–H and O–H groups in total. The maximum absolute atomic E-state index is 11.7. The smallest absolute Gasteiger partial charge is 0.239 e. The molecule has 0 aromatic heterocycles. The summed E-state index contributed by atoms with van der Waals surface area (Å²) in [6.45, 7) is 2.22. The second-order valence-corrected chi connectivity index (χ2v) is 4.88. The van der Waals surface area contributed by atoms with Crippen LogP contribution in [0, 0.1) is 6.92 Å². The zero-order chi connectivity index (χ0) is 13.1. The minimum absolute atomic E-state index is 0.0115. The molecule has 0 aliphatic heterocycles. The van der Waals surface area contributed by atoms with Crippen LogP contribution in [0.3, 0.4) is 0 Å². The average Bonchev–Trinajstić information content (AvgIpc) is 3.12. The van der Waals surface area contributed by atoms with Crippen molar-refractivity contribution in [1.82, 2.24) is 5.32 Å².